The molecule has 0 aliphatic carbocycles. The second kappa shape index (κ2) is 8.23. The van der Waals surface area contributed by atoms with Crippen molar-refractivity contribution in [2.75, 3.05) is 25.0 Å². The van der Waals surface area contributed by atoms with Crippen LogP contribution in [0, 0.1) is 5.92 Å². The number of hydrogen-bond acceptors (Lipinski definition) is 4. The van der Waals surface area contributed by atoms with Gasteiger partial charge in [0.1, 0.15) is 11.4 Å². The Morgan fingerprint density at radius 2 is 2.00 bits per heavy atom. The highest BCUT2D eigenvalue weighted by Crippen LogP contribution is 2.26. The molecule has 1 fully saturated rings. The lowest BCUT2D eigenvalue weighted by Crippen LogP contribution is -2.45. The van der Waals surface area contributed by atoms with Crippen molar-refractivity contribution in [3.05, 3.63) is 24.3 Å². The molecule has 6 heteroatoms. The number of rotatable bonds is 4. The number of nitrogens with zero attached hydrogens (tertiary/aromatic N) is 1. The van der Waals surface area contributed by atoms with Crippen LogP contribution in [0.2, 0.25) is 0 Å². The van der Waals surface area contributed by atoms with Crippen LogP contribution in [0.1, 0.15) is 40.5 Å². The molecule has 0 saturated carbocycles. The lowest BCUT2D eigenvalue weighted by molar-refractivity contribution is -0.121. The van der Waals surface area contributed by atoms with Gasteiger partial charge < -0.3 is 19.7 Å². The zero-order chi connectivity index (χ0) is 18.4. The van der Waals surface area contributed by atoms with Gasteiger partial charge in [-0.25, -0.2) is 4.79 Å². The molecule has 0 aromatic heterocycles. The van der Waals surface area contributed by atoms with Crippen molar-refractivity contribution < 1.29 is 19.1 Å². The van der Waals surface area contributed by atoms with Gasteiger partial charge in [-0.1, -0.05) is 12.1 Å². The lowest BCUT2D eigenvalue weighted by Gasteiger charge is -2.33. The number of hydrogen-bond donors (Lipinski definition) is 1. The molecule has 0 spiro atoms. The molecule has 25 heavy (non-hydrogen) atoms. The summed E-state index contributed by atoms with van der Waals surface area (Å²) in [6.07, 6.45) is 1.17. The molecule has 1 N–H and O–H groups in total. The number of piperidine rings is 1. The van der Waals surface area contributed by atoms with Gasteiger partial charge >= 0.3 is 6.09 Å². The minimum atomic E-state index is -0.539. The summed E-state index contributed by atoms with van der Waals surface area (Å²) in [5.74, 6) is 0.300. The second-order valence-corrected chi connectivity index (χ2v) is 7.18. The molecule has 2 amide bonds. The first-order valence-corrected chi connectivity index (χ1v) is 8.80. The SMILES string of the molecule is CCOc1ccccc1NC(=O)[C@H]1CCCN(C(=O)OC(C)(C)C)C1. The number of carbonyl (C=O) groups excluding carboxylic acids is 2. The third kappa shape index (κ3) is 5.66. The van der Waals surface area contributed by atoms with Gasteiger partial charge in [0.25, 0.3) is 0 Å². The van der Waals surface area contributed by atoms with Gasteiger partial charge in [0, 0.05) is 13.1 Å². The van der Waals surface area contributed by atoms with Gasteiger partial charge in [0.05, 0.1) is 18.2 Å². The molecule has 2 rings (SSSR count). The van der Waals surface area contributed by atoms with E-state index in [1.54, 1.807) is 4.90 Å². The highest BCUT2D eigenvalue weighted by molar-refractivity contribution is 5.94. The minimum absolute atomic E-state index is 0.0968. The maximum atomic E-state index is 12.6. The highest BCUT2D eigenvalue weighted by Gasteiger charge is 2.31. The maximum absolute atomic E-state index is 12.6. The minimum Gasteiger partial charge on any atom is -0.492 e. The number of amides is 2. The van der Waals surface area contributed by atoms with Gasteiger partial charge in [-0.3, -0.25) is 4.79 Å². The first kappa shape index (κ1) is 19.1. The molecule has 1 atom stereocenters. The van der Waals surface area contributed by atoms with E-state index >= 15 is 0 Å². The summed E-state index contributed by atoms with van der Waals surface area (Å²) in [5.41, 5.74) is 0.117. The molecule has 1 aromatic carbocycles. The third-order valence-corrected chi connectivity index (χ3v) is 3.89. The predicted octanol–water partition coefficient (Wildman–Crippen LogP) is 3.67. The summed E-state index contributed by atoms with van der Waals surface area (Å²) < 4.78 is 11.0. The Bertz CT molecular complexity index is 610. The van der Waals surface area contributed by atoms with Crippen LogP contribution < -0.4 is 10.1 Å². The van der Waals surface area contributed by atoms with Crippen LogP contribution in [-0.4, -0.2) is 42.2 Å². The molecule has 0 bridgehead atoms. The van der Waals surface area contributed by atoms with E-state index in [0.717, 1.165) is 12.8 Å². The van der Waals surface area contributed by atoms with E-state index in [2.05, 4.69) is 5.32 Å². The Labute approximate surface area is 149 Å². The first-order chi connectivity index (χ1) is 11.8. The molecular weight excluding hydrogens is 320 g/mol. The molecule has 1 saturated heterocycles. The Hall–Kier alpha value is -2.24. The van der Waals surface area contributed by atoms with Crippen LogP contribution in [0.4, 0.5) is 10.5 Å². The van der Waals surface area contributed by atoms with Gasteiger partial charge in [-0.15, -0.1) is 0 Å². The third-order valence-electron chi connectivity index (χ3n) is 3.89. The zero-order valence-electron chi connectivity index (χ0n) is 15.5. The fourth-order valence-corrected chi connectivity index (χ4v) is 2.77. The van der Waals surface area contributed by atoms with Crippen LogP contribution in [0.5, 0.6) is 5.75 Å². The molecule has 6 nitrogen and oxygen atoms in total. The van der Waals surface area contributed by atoms with E-state index in [1.807, 2.05) is 52.0 Å². The lowest BCUT2D eigenvalue weighted by atomic mass is 9.97. The number of benzene rings is 1. The van der Waals surface area contributed by atoms with Gasteiger partial charge in [-0.2, -0.15) is 0 Å². The summed E-state index contributed by atoms with van der Waals surface area (Å²) in [6.45, 7) is 8.93. The molecule has 0 radical (unpaired) electrons. The van der Waals surface area contributed by atoms with Crippen LogP contribution >= 0.6 is 0 Å². The monoisotopic (exact) mass is 348 g/mol. The number of nitrogens with one attached hydrogen (secondary N) is 1. The fourth-order valence-electron chi connectivity index (χ4n) is 2.77. The van der Waals surface area contributed by atoms with E-state index < -0.39 is 5.60 Å². The Balaban J connectivity index is 1.99. The zero-order valence-corrected chi connectivity index (χ0v) is 15.5. The van der Waals surface area contributed by atoms with E-state index in [9.17, 15) is 9.59 Å². The fraction of sp³-hybridized carbons (Fsp3) is 0.579. The van der Waals surface area contributed by atoms with Crippen molar-refractivity contribution in [1.82, 2.24) is 4.90 Å². The van der Waals surface area contributed by atoms with E-state index in [1.165, 1.54) is 0 Å². The average Bonchev–Trinajstić information content (AvgIpc) is 2.55. The van der Waals surface area contributed by atoms with Gasteiger partial charge in [0.2, 0.25) is 5.91 Å². The summed E-state index contributed by atoms with van der Waals surface area (Å²) in [6, 6.07) is 7.36. The van der Waals surface area contributed by atoms with Crippen molar-refractivity contribution in [1.29, 1.82) is 0 Å². The predicted molar refractivity (Wildman–Crippen MR) is 96.8 cm³/mol. The summed E-state index contributed by atoms with van der Waals surface area (Å²) in [5, 5.41) is 2.93. The second-order valence-electron chi connectivity index (χ2n) is 7.18. The molecule has 1 aliphatic heterocycles. The summed E-state index contributed by atoms with van der Waals surface area (Å²) in [4.78, 5) is 26.5. The number of anilines is 1. The average molecular weight is 348 g/mol. The standard InChI is InChI=1S/C19H28N2O4/c1-5-24-16-11-7-6-10-15(16)20-17(22)14-9-8-12-21(13-14)18(23)25-19(2,3)4/h6-7,10-11,14H,5,8-9,12-13H2,1-4H3,(H,20,22)/t14-/m0/s1. The van der Waals surface area contributed by atoms with Crippen LogP contribution in [0.15, 0.2) is 24.3 Å². The van der Waals surface area contributed by atoms with Crippen molar-refractivity contribution >= 4 is 17.7 Å². The van der Waals surface area contributed by atoms with Gasteiger partial charge in [-0.05, 0) is 52.7 Å². The Morgan fingerprint density at radius 3 is 2.68 bits per heavy atom. The molecule has 138 valence electrons. The van der Waals surface area contributed by atoms with Crippen molar-refractivity contribution in [2.24, 2.45) is 5.92 Å². The van der Waals surface area contributed by atoms with Crippen molar-refractivity contribution in [3.8, 4) is 5.75 Å². The Kier molecular flexibility index (Phi) is 6.28. The molecular formula is C19H28N2O4. The molecule has 1 heterocycles. The number of ether oxygens (including phenoxy) is 2. The van der Waals surface area contributed by atoms with E-state index in [-0.39, 0.29) is 17.9 Å². The van der Waals surface area contributed by atoms with Gasteiger partial charge in [0.15, 0.2) is 0 Å². The quantitative estimate of drug-likeness (QED) is 0.901. The van der Waals surface area contributed by atoms with Crippen LogP contribution in [0.3, 0.4) is 0 Å². The molecule has 1 aliphatic rings. The summed E-state index contributed by atoms with van der Waals surface area (Å²) in [7, 11) is 0. The molecule has 1 aromatic rings. The smallest absolute Gasteiger partial charge is 0.410 e. The van der Waals surface area contributed by atoms with Crippen LogP contribution in [0.25, 0.3) is 0 Å². The Morgan fingerprint density at radius 1 is 1.28 bits per heavy atom. The van der Waals surface area contributed by atoms with Crippen molar-refractivity contribution in [2.45, 2.75) is 46.1 Å². The largest absolute Gasteiger partial charge is 0.492 e. The van der Waals surface area contributed by atoms with E-state index in [0.29, 0.717) is 31.1 Å². The first-order valence-electron chi connectivity index (χ1n) is 8.80. The molecule has 0 unspecified atom stereocenters. The normalized spacial score (nSPS) is 17.8. The number of carbonyl (C=O) groups is 2. The number of likely N-dealkylation sites (tertiary alicyclic amines) is 1. The maximum Gasteiger partial charge on any atom is 0.410 e. The van der Waals surface area contributed by atoms with E-state index in [4.69, 9.17) is 9.47 Å². The topological polar surface area (TPSA) is 67.9 Å². The van der Waals surface area contributed by atoms with Crippen LogP contribution in [-0.2, 0) is 9.53 Å². The summed E-state index contributed by atoms with van der Waals surface area (Å²) >= 11 is 0. The number of para-hydroxylation sites is 2. The van der Waals surface area contributed by atoms with Crippen molar-refractivity contribution in [3.63, 3.8) is 0 Å². The highest BCUT2D eigenvalue weighted by atomic mass is 16.6.